The first-order valence-corrected chi connectivity index (χ1v) is 8.60. The summed E-state index contributed by atoms with van der Waals surface area (Å²) in [5, 5.41) is 0. The van der Waals surface area contributed by atoms with E-state index in [2.05, 4.69) is 24.8 Å². The van der Waals surface area contributed by atoms with Gasteiger partial charge in [0.25, 0.3) is 0 Å². The molecule has 0 radical (unpaired) electrons. The van der Waals surface area contributed by atoms with E-state index in [1.165, 1.54) is 0 Å². The molecule has 4 rings (SSSR count). The van der Waals surface area contributed by atoms with Crippen LogP contribution in [-0.4, -0.2) is 57.5 Å². The number of aromatic nitrogens is 3. The van der Waals surface area contributed by atoms with E-state index in [0.717, 1.165) is 56.7 Å². The molecule has 2 aliphatic rings. The fourth-order valence-electron chi connectivity index (χ4n) is 3.98. The van der Waals surface area contributed by atoms with E-state index >= 15 is 0 Å². The van der Waals surface area contributed by atoms with Crippen LogP contribution in [0.25, 0.3) is 11.2 Å². The maximum Gasteiger partial charge on any atom is 0.234 e. The zero-order valence-electron chi connectivity index (χ0n) is 13.6. The van der Waals surface area contributed by atoms with Crippen molar-refractivity contribution < 1.29 is 4.79 Å². The normalized spacial score (nSPS) is 23.0. The summed E-state index contributed by atoms with van der Waals surface area (Å²) in [5.41, 5.74) is 7.05. The van der Waals surface area contributed by atoms with Gasteiger partial charge in [0, 0.05) is 31.5 Å². The number of piperidine rings is 1. The molecule has 1 unspecified atom stereocenters. The number of pyridine rings is 1. The number of anilines is 1. The van der Waals surface area contributed by atoms with Gasteiger partial charge in [-0.2, -0.15) is 0 Å². The first-order chi connectivity index (χ1) is 11.7. The number of amides is 1. The van der Waals surface area contributed by atoms with Gasteiger partial charge in [-0.25, -0.2) is 9.97 Å². The molecule has 7 heteroatoms. The van der Waals surface area contributed by atoms with Gasteiger partial charge in [-0.3, -0.25) is 14.7 Å². The molecule has 2 N–H and O–H groups in total. The van der Waals surface area contributed by atoms with Gasteiger partial charge in [-0.05, 0) is 44.4 Å². The van der Waals surface area contributed by atoms with Crippen LogP contribution in [0.5, 0.6) is 0 Å². The molecule has 24 heavy (non-hydrogen) atoms. The number of likely N-dealkylation sites (tertiary alicyclic amines) is 1. The van der Waals surface area contributed by atoms with Crippen molar-refractivity contribution in [2.45, 2.75) is 37.8 Å². The lowest BCUT2D eigenvalue weighted by Crippen LogP contribution is -2.50. The molecule has 2 aromatic heterocycles. The minimum atomic E-state index is -0.176. The van der Waals surface area contributed by atoms with Crippen LogP contribution >= 0.6 is 0 Å². The Labute approximate surface area is 140 Å². The molecule has 1 amide bonds. The number of nitrogens with two attached hydrogens (primary N) is 1. The van der Waals surface area contributed by atoms with E-state index < -0.39 is 0 Å². The van der Waals surface area contributed by atoms with Crippen molar-refractivity contribution in [3.8, 4) is 0 Å². The quantitative estimate of drug-likeness (QED) is 0.903. The lowest BCUT2D eigenvalue weighted by atomic mass is 10.0. The standard InChI is InChI=1S/C17H22N6O/c18-16(24)14-2-1-9-23(14)12-5-10-22(11-6-12)15-4-3-13-17(21-15)20-8-7-19-13/h3-4,7-8,12,14H,1-2,5-6,9-11H2,(H2,18,24). The molecule has 126 valence electrons. The highest BCUT2D eigenvalue weighted by atomic mass is 16.1. The monoisotopic (exact) mass is 326 g/mol. The van der Waals surface area contributed by atoms with Crippen molar-refractivity contribution in [3.63, 3.8) is 0 Å². The Morgan fingerprint density at radius 3 is 2.67 bits per heavy atom. The van der Waals surface area contributed by atoms with Gasteiger partial charge in [0.2, 0.25) is 5.91 Å². The predicted octanol–water partition coefficient (Wildman–Crippen LogP) is 0.943. The van der Waals surface area contributed by atoms with Crippen LogP contribution in [-0.2, 0) is 4.79 Å². The molecule has 1 atom stereocenters. The minimum absolute atomic E-state index is 0.0735. The molecule has 2 saturated heterocycles. The summed E-state index contributed by atoms with van der Waals surface area (Å²) < 4.78 is 0. The van der Waals surface area contributed by atoms with Gasteiger partial charge in [0.1, 0.15) is 11.3 Å². The first-order valence-electron chi connectivity index (χ1n) is 8.60. The van der Waals surface area contributed by atoms with Crippen molar-refractivity contribution in [3.05, 3.63) is 24.5 Å². The Bertz CT molecular complexity index is 743. The molecule has 2 fully saturated rings. The third kappa shape index (κ3) is 2.80. The average molecular weight is 326 g/mol. The van der Waals surface area contributed by atoms with Crippen molar-refractivity contribution in [1.29, 1.82) is 0 Å². The highest BCUT2D eigenvalue weighted by molar-refractivity contribution is 5.80. The molecular formula is C17H22N6O. The molecule has 0 saturated carbocycles. The van der Waals surface area contributed by atoms with Crippen LogP contribution in [0.4, 0.5) is 5.82 Å². The molecule has 0 bridgehead atoms. The summed E-state index contributed by atoms with van der Waals surface area (Å²) in [5.74, 6) is 0.777. The largest absolute Gasteiger partial charge is 0.368 e. The summed E-state index contributed by atoms with van der Waals surface area (Å²) >= 11 is 0. The number of fused-ring (bicyclic) bond motifs is 1. The maximum atomic E-state index is 11.6. The molecule has 0 aromatic carbocycles. The summed E-state index contributed by atoms with van der Waals surface area (Å²) in [6, 6.07) is 4.36. The van der Waals surface area contributed by atoms with Crippen LogP contribution in [0.15, 0.2) is 24.5 Å². The van der Waals surface area contributed by atoms with E-state index in [-0.39, 0.29) is 11.9 Å². The second kappa shape index (κ2) is 6.32. The van der Waals surface area contributed by atoms with Crippen molar-refractivity contribution in [2.24, 2.45) is 5.73 Å². The fraction of sp³-hybridized carbons (Fsp3) is 0.529. The van der Waals surface area contributed by atoms with Crippen LogP contribution in [0.2, 0.25) is 0 Å². The van der Waals surface area contributed by atoms with E-state index in [4.69, 9.17) is 5.73 Å². The van der Waals surface area contributed by atoms with Crippen molar-refractivity contribution in [2.75, 3.05) is 24.5 Å². The Morgan fingerprint density at radius 1 is 1.08 bits per heavy atom. The number of primary amides is 1. The number of rotatable bonds is 3. The van der Waals surface area contributed by atoms with Crippen LogP contribution in [0, 0.1) is 0 Å². The molecular weight excluding hydrogens is 304 g/mol. The highest BCUT2D eigenvalue weighted by Crippen LogP contribution is 2.27. The smallest absolute Gasteiger partial charge is 0.234 e. The minimum Gasteiger partial charge on any atom is -0.368 e. The Kier molecular flexibility index (Phi) is 4.02. The lowest BCUT2D eigenvalue weighted by Gasteiger charge is -2.39. The van der Waals surface area contributed by atoms with Crippen LogP contribution in [0.1, 0.15) is 25.7 Å². The molecule has 0 aliphatic carbocycles. The molecule has 4 heterocycles. The van der Waals surface area contributed by atoms with E-state index in [9.17, 15) is 4.79 Å². The zero-order valence-corrected chi connectivity index (χ0v) is 13.6. The number of carbonyl (C=O) groups is 1. The molecule has 0 spiro atoms. The van der Waals surface area contributed by atoms with Gasteiger partial charge in [0.05, 0.1) is 6.04 Å². The Balaban J connectivity index is 1.44. The second-order valence-corrected chi connectivity index (χ2v) is 6.58. The number of nitrogens with zero attached hydrogens (tertiary/aromatic N) is 5. The summed E-state index contributed by atoms with van der Waals surface area (Å²) in [6.07, 6.45) is 7.39. The van der Waals surface area contributed by atoms with E-state index in [0.29, 0.717) is 11.7 Å². The Hall–Kier alpha value is -2.28. The van der Waals surface area contributed by atoms with Gasteiger partial charge < -0.3 is 10.6 Å². The average Bonchev–Trinajstić information content (AvgIpc) is 3.11. The third-order valence-corrected chi connectivity index (χ3v) is 5.20. The van der Waals surface area contributed by atoms with Gasteiger partial charge in [-0.1, -0.05) is 0 Å². The first kappa shape index (κ1) is 15.3. The number of hydrogen-bond donors (Lipinski definition) is 1. The summed E-state index contributed by atoms with van der Waals surface area (Å²) in [7, 11) is 0. The van der Waals surface area contributed by atoms with Gasteiger partial charge in [-0.15, -0.1) is 0 Å². The molecule has 2 aliphatic heterocycles. The molecule has 2 aromatic rings. The second-order valence-electron chi connectivity index (χ2n) is 6.58. The van der Waals surface area contributed by atoms with Crippen LogP contribution in [0.3, 0.4) is 0 Å². The van der Waals surface area contributed by atoms with Gasteiger partial charge >= 0.3 is 0 Å². The number of hydrogen-bond acceptors (Lipinski definition) is 6. The fourth-order valence-corrected chi connectivity index (χ4v) is 3.98. The van der Waals surface area contributed by atoms with Gasteiger partial charge in [0.15, 0.2) is 5.65 Å². The third-order valence-electron chi connectivity index (χ3n) is 5.20. The van der Waals surface area contributed by atoms with Crippen molar-refractivity contribution >= 4 is 22.9 Å². The maximum absolute atomic E-state index is 11.6. The van der Waals surface area contributed by atoms with E-state index in [1.54, 1.807) is 12.4 Å². The lowest BCUT2D eigenvalue weighted by molar-refractivity contribution is -0.123. The number of carbonyl (C=O) groups excluding carboxylic acids is 1. The highest BCUT2D eigenvalue weighted by Gasteiger charge is 2.35. The Morgan fingerprint density at radius 2 is 1.88 bits per heavy atom. The molecule has 7 nitrogen and oxygen atoms in total. The van der Waals surface area contributed by atoms with Crippen LogP contribution < -0.4 is 10.6 Å². The summed E-state index contributed by atoms with van der Waals surface area (Å²) in [6.45, 7) is 2.86. The predicted molar refractivity (Wildman–Crippen MR) is 91.5 cm³/mol. The summed E-state index contributed by atoms with van der Waals surface area (Å²) in [4.78, 5) is 29.4. The SMILES string of the molecule is NC(=O)C1CCCN1C1CCN(c2ccc3nccnc3n2)CC1. The van der Waals surface area contributed by atoms with E-state index in [1.807, 2.05) is 12.1 Å². The van der Waals surface area contributed by atoms with Crippen molar-refractivity contribution in [1.82, 2.24) is 19.9 Å². The zero-order chi connectivity index (χ0) is 16.5. The topological polar surface area (TPSA) is 88.2 Å².